The Hall–Kier alpha value is -2.67. The molecule has 0 saturated carbocycles. The first kappa shape index (κ1) is 19.1. The first-order valence-corrected chi connectivity index (χ1v) is 9.55. The Morgan fingerprint density at radius 1 is 1.11 bits per heavy atom. The number of hydrogen-bond donors (Lipinski definition) is 1. The Kier molecular flexibility index (Phi) is 5.32. The van der Waals surface area contributed by atoms with Crippen LogP contribution in [0.5, 0.6) is 11.5 Å². The summed E-state index contributed by atoms with van der Waals surface area (Å²) in [6.07, 6.45) is 1.97. The van der Waals surface area contributed by atoms with Gasteiger partial charge in [-0.1, -0.05) is 12.1 Å². The van der Waals surface area contributed by atoms with Gasteiger partial charge in [0, 0.05) is 17.5 Å². The van der Waals surface area contributed by atoms with Crippen LogP contribution in [0.3, 0.4) is 0 Å². The van der Waals surface area contributed by atoms with Crippen molar-refractivity contribution < 1.29 is 24.2 Å². The molecule has 0 aromatic heterocycles. The van der Waals surface area contributed by atoms with E-state index in [9.17, 15) is 14.7 Å². The molecule has 6 nitrogen and oxygen atoms in total. The maximum atomic E-state index is 13.0. The molecule has 0 saturated heterocycles. The molecule has 1 aliphatic heterocycles. The van der Waals surface area contributed by atoms with Crippen molar-refractivity contribution in [3.05, 3.63) is 53.1 Å². The van der Waals surface area contributed by atoms with E-state index in [0.717, 1.165) is 10.5 Å². The number of hydrogen-bond acceptors (Lipinski definition) is 5. The van der Waals surface area contributed by atoms with Crippen LogP contribution in [0.2, 0.25) is 0 Å². The Morgan fingerprint density at radius 3 is 2.22 bits per heavy atom. The highest BCUT2D eigenvalue weighted by Crippen LogP contribution is 2.45. The smallest absolute Gasteiger partial charge is 0.313 e. The molecule has 0 radical (unpaired) electrons. The number of aliphatic carboxylic acids is 1. The summed E-state index contributed by atoms with van der Waals surface area (Å²) in [5, 5.41) is 10.00. The van der Waals surface area contributed by atoms with Crippen molar-refractivity contribution in [2.45, 2.75) is 16.9 Å². The summed E-state index contributed by atoms with van der Waals surface area (Å²) in [4.78, 5) is 27.8. The van der Waals surface area contributed by atoms with Gasteiger partial charge in [-0.05, 0) is 41.6 Å². The molecule has 142 valence electrons. The lowest BCUT2D eigenvalue weighted by Crippen LogP contribution is -2.42. The minimum atomic E-state index is -0.998. The number of carbonyl (C=O) groups is 2. The zero-order valence-corrected chi connectivity index (χ0v) is 16.4. The number of carboxylic acid groups (broad SMARTS) is 1. The second-order valence-corrected chi connectivity index (χ2v) is 7.12. The molecule has 3 rings (SSSR count). The number of benzene rings is 2. The second kappa shape index (κ2) is 7.52. The van der Waals surface area contributed by atoms with Gasteiger partial charge in [0.25, 0.3) is 5.91 Å². The topological polar surface area (TPSA) is 76.1 Å². The van der Waals surface area contributed by atoms with Crippen molar-refractivity contribution in [2.75, 3.05) is 27.5 Å². The minimum Gasteiger partial charge on any atom is -0.493 e. The lowest BCUT2D eigenvalue weighted by molar-refractivity contribution is -0.140. The van der Waals surface area contributed by atoms with Crippen molar-refractivity contribution in [1.82, 2.24) is 4.90 Å². The summed E-state index contributed by atoms with van der Waals surface area (Å²) in [5.74, 6) is -1.37. The van der Waals surface area contributed by atoms with Crippen molar-refractivity contribution in [1.29, 1.82) is 0 Å². The average Bonchev–Trinajstić information content (AvgIpc) is 2.69. The second-order valence-electron chi connectivity index (χ2n) is 6.24. The first-order chi connectivity index (χ1) is 12.9. The Balaban J connectivity index is 2.19. The molecular weight excluding hydrogens is 366 g/mol. The average molecular weight is 387 g/mol. The normalized spacial score (nSPS) is 18.8. The van der Waals surface area contributed by atoms with Gasteiger partial charge in [0.2, 0.25) is 0 Å². The van der Waals surface area contributed by atoms with E-state index in [0.29, 0.717) is 22.6 Å². The zero-order chi connectivity index (χ0) is 19.7. The summed E-state index contributed by atoms with van der Waals surface area (Å²) >= 11 is 1.60. The summed E-state index contributed by atoms with van der Waals surface area (Å²) < 4.78 is 10.6. The summed E-state index contributed by atoms with van der Waals surface area (Å²) in [5.41, 5.74) is 1.53. The summed E-state index contributed by atoms with van der Waals surface area (Å²) in [6, 6.07) is 10.2. The molecule has 0 spiro atoms. The van der Waals surface area contributed by atoms with Gasteiger partial charge in [-0.15, -0.1) is 11.8 Å². The molecule has 0 unspecified atom stereocenters. The van der Waals surface area contributed by atoms with Crippen LogP contribution in [0.4, 0.5) is 0 Å². The Labute approximate surface area is 162 Å². The molecule has 2 aromatic rings. The molecular formula is C20H21NO5S. The van der Waals surface area contributed by atoms with Crippen LogP contribution in [0, 0.1) is 0 Å². The number of rotatable bonds is 5. The highest BCUT2D eigenvalue weighted by atomic mass is 32.2. The fraction of sp³-hybridized carbons (Fsp3) is 0.300. The summed E-state index contributed by atoms with van der Waals surface area (Å²) in [6.45, 7) is 0. The van der Waals surface area contributed by atoms with E-state index in [-0.39, 0.29) is 5.91 Å². The number of carboxylic acids is 1. The molecule has 2 atom stereocenters. The minimum absolute atomic E-state index is 0.248. The van der Waals surface area contributed by atoms with Gasteiger partial charge in [0.1, 0.15) is 5.92 Å². The molecule has 27 heavy (non-hydrogen) atoms. The van der Waals surface area contributed by atoms with Gasteiger partial charge in [-0.3, -0.25) is 9.59 Å². The van der Waals surface area contributed by atoms with Crippen LogP contribution in [-0.2, 0) is 4.79 Å². The SMILES string of the molecule is COc1cc2c(cc1OC)[C@@H](C(=O)O)[C@H](c1ccc(SC)cc1)N(C)C2=O. The van der Waals surface area contributed by atoms with Gasteiger partial charge < -0.3 is 19.5 Å². The maximum absolute atomic E-state index is 13.0. The molecule has 0 bridgehead atoms. The van der Waals surface area contributed by atoms with Crippen molar-refractivity contribution >= 4 is 23.6 Å². The van der Waals surface area contributed by atoms with Gasteiger partial charge in [-0.25, -0.2) is 0 Å². The number of likely N-dealkylation sites (N-methyl/N-ethyl adjacent to an activating group) is 1. The molecule has 0 fully saturated rings. The number of nitrogens with zero attached hydrogens (tertiary/aromatic N) is 1. The standard InChI is InChI=1S/C20H21NO5S/c1-21-18(11-5-7-12(27-4)8-6-11)17(20(23)24)13-9-15(25-2)16(26-3)10-14(13)19(21)22/h5-10,17-18H,1-4H3,(H,23,24)/t17-,18+/m1/s1. The predicted molar refractivity (Wildman–Crippen MR) is 103 cm³/mol. The third-order valence-electron chi connectivity index (χ3n) is 4.90. The molecule has 7 heteroatoms. The van der Waals surface area contributed by atoms with Crippen LogP contribution in [0.15, 0.2) is 41.3 Å². The van der Waals surface area contributed by atoms with E-state index < -0.39 is 17.9 Å². The number of amides is 1. The summed E-state index contributed by atoms with van der Waals surface area (Å²) in [7, 11) is 4.59. The molecule has 2 aromatic carbocycles. The van der Waals surface area contributed by atoms with Crippen LogP contribution in [0.1, 0.15) is 33.4 Å². The highest BCUT2D eigenvalue weighted by Gasteiger charge is 2.43. The van der Waals surface area contributed by atoms with Gasteiger partial charge in [0.15, 0.2) is 11.5 Å². The highest BCUT2D eigenvalue weighted by molar-refractivity contribution is 7.98. The van der Waals surface area contributed by atoms with Gasteiger partial charge in [-0.2, -0.15) is 0 Å². The first-order valence-electron chi connectivity index (χ1n) is 8.32. The van der Waals surface area contributed by atoms with E-state index in [2.05, 4.69) is 0 Å². The molecule has 1 aliphatic rings. The quantitative estimate of drug-likeness (QED) is 0.793. The van der Waals surface area contributed by atoms with E-state index in [1.54, 1.807) is 30.9 Å². The fourth-order valence-electron chi connectivity index (χ4n) is 3.53. The van der Waals surface area contributed by atoms with Gasteiger partial charge >= 0.3 is 5.97 Å². The lowest BCUT2D eigenvalue weighted by Gasteiger charge is -2.39. The molecule has 1 amide bonds. The van der Waals surface area contributed by atoms with Crippen molar-refractivity contribution in [3.8, 4) is 11.5 Å². The largest absolute Gasteiger partial charge is 0.493 e. The molecule has 1 heterocycles. The Bertz CT molecular complexity index is 881. The van der Waals surface area contributed by atoms with Crippen LogP contribution in [-0.4, -0.2) is 49.4 Å². The maximum Gasteiger partial charge on any atom is 0.313 e. The van der Waals surface area contributed by atoms with Crippen LogP contribution >= 0.6 is 11.8 Å². The van der Waals surface area contributed by atoms with Gasteiger partial charge in [0.05, 0.1) is 20.3 Å². The molecule has 0 aliphatic carbocycles. The number of carbonyl (C=O) groups excluding carboxylic acids is 1. The third kappa shape index (κ3) is 3.23. The number of thioether (sulfide) groups is 1. The monoisotopic (exact) mass is 387 g/mol. The lowest BCUT2D eigenvalue weighted by atomic mass is 9.80. The van der Waals surface area contributed by atoms with Crippen molar-refractivity contribution in [3.63, 3.8) is 0 Å². The third-order valence-corrected chi connectivity index (χ3v) is 5.64. The van der Waals surface area contributed by atoms with E-state index in [1.165, 1.54) is 19.1 Å². The van der Waals surface area contributed by atoms with Crippen LogP contribution < -0.4 is 9.47 Å². The van der Waals surface area contributed by atoms with Crippen LogP contribution in [0.25, 0.3) is 0 Å². The number of methoxy groups -OCH3 is 2. The van der Waals surface area contributed by atoms with Crippen molar-refractivity contribution in [2.24, 2.45) is 0 Å². The zero-order valence-electron chi connectivity index (χ0n) is 15.6. The number of ether oxygens (including phenoxy) is 2. The molecule has 1 N–H and O–H groups in total. The number of fused-ring (bicyclic) bond motifs is 1. The Morgan fingerprint density at radius 2 is 1.70 bits per heavy atom. The van der Waals surface area contributed by atoms with E-state index in [1.807, 2.05) is 30.5 Å². The van der Waals surface area contributed by atoms with E-state index >= 15 is 0 Å². The van der Waals surface area contributed by atoms with E-state index in [4.69, 9.17) is 9.47 Å². The predicted octanol–water partition coefficient (Wildman–Crippen LogP) is 3.42. The fourth-order valence-corrected chi connectivity index (χ4v) is 3.94.